The molecule has 0 spiro atoms. The van der Waals surface area contributed by atoms with E-state index in [1.54, 1.807) is 0 Å². The minimum atomic E-state index is -1.30. The van der Waals surface area contributed by atoms with Crippen molar-refractivity contribution < 1.29 is 25.2 Å². The normalized spacial score (nSPS) is 13.6. The van der Waals surface area contributed by atoms with Crippen LogP contribution in [0.5, 0.6) is 0 Å². The number of aliphatic hydroxyl groups excluding tert-OH is 4. The van der Waals surface area contributed by atoms with E-state index in [1.807, 2.05) is 0 Å². The molecule has 4 atom stereocenters. The third-order valence-corrected chi connectivity index (χ3v) is 18.0. The third kappa shape index (κ3) is 64.7. The van der Waals surface area contributed by atoms with Crippen LogP contribution in [0.4, 0.5) is 0 Å². The van der Waals surface area contributed by atoms with Crippen LogP contribution in [0.25, 0.3) is 0 Å². The van der Waals surface area contributed by atoms with Crippen LogP contribution in [0, 0.1) is 0 Å². The summed E-state index contributed by atoms with van der Waals surface area (Å²) in [6, 6.07) is -1.01. The first-order valence-electron chi connectivity index (χ1n) is 38.0. The lowest BCUT2D eigenvalue weighted by Gasteiger charge is -2.27. The van der Waals surface area contributed by atoms with Gasteiger partial charge in [0.1, 0.15) is 12.2 Å². The molecule has 5 N–H and O–H groups in total. The minimum absolute atomic E-state index is 0.360. The average molecular weight is 1180 g/mol. The molecule has 0 aromatic heterocycles. The molecule has 0 aromatic carbocycles. The summed E-state index contributed by atoms with van der Waals surface area (Å²) in [7, 11) is 0. The average Bonchev–Trinajstić information content (AvgIpc) is 3.51. The molecule has 0 aliphatic carbocycles. The molecule has 4 unspecified atom stereocenters. The van der Waals surface area contributed by atoms with Crippen LogP contribution in [0.15, 0.2) is 48.6 Å². The Bertz CT molecular complexity index is 1380. The van der Waals surface area contributed by atoms with Gasteiger partial charge in [-0.2, -0.15) is 0 Å². The first-order chi connectivity index (χ1) is 41.5. The van der Waals surface area contributed by atoms with Gasteiger partial charge in [-0.15, -0.1) is 0 Å². The zero-order chi connectivity index (χ0) is 60.8. The van der Waals surface area contributed by atoms with Crippen molar-refractivity contribution in [2.45, 2.75) is 436 Å². The van der Waals surface area contributed by atoms with Crippen molar-refractivity contribution in [1.82, 2.24) is 5.32 Å². The summed E-state index contributed by atoms with van der Waals surface area (Å²) in [6.45, 7) is 4.10. The summed E-state index contributed by atoms with van der Waals surface area (Å²) < 4.78 is 0. The molecule has 0 radical (unpaired) electrons. The zero-order valence-corrected chi connectivity index (χ0v) is 56.7. The molecule has 6 nitrogen and oxygen atoms in total. The van der Waals surface area contributed by atoms with Gasteiger partial charge in [0.25, 0.3) is 0 Å². The summed E-state index contributed by atoms with van der Waals surface area (Å²) in [5, 5.41) is 44.2. The number of rotatable bonds is 71. The Balaban J connectivity index is 3.58. The van der Waals surface area contributed by atoms with Gasteiger partial charge < -0.3 is 25.7 Å². The molecule has 0 bridgehead atoms. The maximum absolute atomic E-state index is 12.7. The fraction of sp³-hybridized carbons (Fsp3) is 0.885. The fourth-order valence-corrected chi connectivity index (χ4v) is 12.1. The Morgan fingerprint density at radius 3 is 0.750 bits per heavy atom. The number of hydrogen-bond donors (Lipinski definition) is 5. The van der Waals surface area contributed by atoms with Gasteiger partial charge in [-0.05, 0) is 89.9 Å². The lowest BCUT2D eigenvalue weighted by molar-refractivity contribution is -0.132. The smallest absolute Gasteiger partial charge is 0.249 e. The number of carbonyl (C=O) groups excluding carboxylic acids is 1. The van der Waals surface area contributed by atoms with Gasteiger partial charge >= 0.3 is 0 Å². The molecule has 6 heteroatoms. The highest BCUT2D eigenvalue weighted by molar-refractivity contribution is 5.80. The zero-order valence-electron chi connectivity index (χ0n) is 56.7. The highest BCUT2D eigenvalue weighted by atomic mass is 16.3. The van der Waals surface area contributed by atoms with Crippen LogP contribution in [0.2, 0.25) is 0 Å². The summed E-state index contributed by atoms with van der Waals surface area (Å²) in [6.07, 6.45) is 95.6. The van der Waals surface area contributed by atoms with E-state index in [0.29, 0.717) is 19.3 Å². The van der Waals surface area contributed by atoms with Crippen LogP contribution < -0.4 is 5.32 Å². The monoisotopic (exact) mass is 1180 g/mol. The molecule has 0 aliphatic rings. The van der Waals surface area contributed by atoms with Crippen molar-refractivity contribution in [2.75, 3.05) is 6.61 Å². The summed E-state index contributed by atoms with van der Waals surface area (Å²) >= 11 is 0. The lowest BCUT2D eigenvalue weighted by atomic mass is 10.00. The predicted molar refractivity (Wildman–Crippen MR) is 371 cm³/mol. The van der Waals surface area contributed by atoms with Crippen molar-refractivity contribution in [2.24, 2.45) is 0 Å². The lowest BCUT2D eigenvalue weighted by Crippen LogP contribution is -2.53. The number of unbranched alkanes of at least 4 members (excludes halogenated alkanes) is 54. The van der Waals surface area contributed by atoms with E-state index in [0.717, 1.165) is 51.4 Å². The highest BCUT2D eigenvalue weighted by Crippen LogP contribution is 2.19. The number of carbonyl (C=O) groups is 1. The van der Waals surface area contributed by atoms with E-state index in [2.05, 4.69) is 67.8 Å². The van der Waals surface area contributed by atoms with Crippen LogP contribution in [-0.2, 0) is 4.79 Å². The highest BCUT2D eigenvalue weighted by Gasteiger charge is 2.28. The number of allylic oxidation sites excluding steroid dienone is 8. The standard InChI is InChI=1S/C78H149NO5/c1-3-5-7-9-11-13-15-17-19-21-23-25-27-29-31-33-35-37-38-39-40-42-44-46-48-50-52-54-56-58-60-62-64-66-68-70-72-76(82)78(84)79-74(73-80)77(83)75(81)71-69-67-65-63-61-59-57-55-53-51-49-47-45-43-41-36-34-32-30-28-26-24-22-20-18-16-14-12-10-8-6-4-2/h37-38,47,49,55,57,63,65,74-77,80-83H,3-36,39-46,48,50-54,56,58-62,64,66-73H2,1-2H3,(H,79,84)/b38-37-,49-47+,57-55+,65-63+. The quantitative estimate of drug-likeness (QED) is 0.0308. The number of hydrogen-bond acceptors (Lipinski definition) is 5. The molecule has 0 aromatic rings. The number of aliphatic hydroxyl groups is 4. The Labute approximate surface area is 525 Å². The molecule has 84 heavy (non-hydrogen) atoms. The second kappa shape index (κ2) is 72.0. The van der Waals surface area contributed by atoms with Crippen molar-refractivity contribution in [3.8, 4) is 0 Å². The number of nitrogens with one attached hydrogen (secondary N) is 1. The van der Waals surface area contributed by atoms with Gasteiger partial charge in [0, 0.05) is 0 Å². The van der Waals surface area contributed by atoms with Crippen molar-refractivity contribution in [3.05, 3.63) is 48.6 Å². The largest absolute Gasteiger partial charge is 0.394 e. The Morgan fingerprint density at radius 1 is 0.286 bits per heavy atom. The van der Waals surface area contributed by atoms with E-state index in [4.69, 9.17) is 0 Å². The summed E-state index contributed by atoms with van der Waals surface area (Å²) in [5.41, 5.74) is 0. The second-order valence-electron chi connectivity index (χ2n) is 26.3. The van der Waals surface area contributed by atoms with Gasteiger partial charge in [0.15, 0.2) is 0 Å². The first kappa shape index (κ1) is 82.3. The molecule has 0 heterocycles. The Hall–Kier alpha value is -1.73. The van der Waals surface area contributed by atoms with E-state index >= 15 is 0 Å². The van der Waals surface area contributed by atoms with E-state index in [9.17, 15) is 25.2 Å². The molecular weight excluding hydrogens is 1030 g/mol. The fourth-order valence-electron chi connectivity index (χ4n) is 12.1. The molecular formula is C78H149NO5. The molecule has 496 valence electrons. The molecule has 0 saturated heterocycles. The SMILES string of the molecule is CCCCCCCCCCCCCCCCCC/C=C\CCCCCCCCCCCCCCCCCCC(O)C(=O)NC(CO)C(O)C(O)CCC/C=C/CC/C=C/CC/C=C/CCCCCCCCCCCCCCCCCCCCC. The van der Waals surface area contributed by atoms with E-state index < -0.39 is 36.9 Å². The summed E-state index contributed by atoms with van der Waals surface area (Å²) in [5.74, 6) is -0.594. The number of amides is 1. The third-order valence-electron chi connectivity index (χ3n) is 18.0. The maximum Gasteiger partial charge on any atom is 0.249 e. The molecule has 0 aliphatic heterocycles. The van der Waals surface area contributed by atoms with Gasteiger partial charge in [-0.25, -0.2) is 0 Å². The van der Waals surface area contributed by atoms with Crippen LogP contribution in [-0.4, -0.2) is 57.3 Å². The van der Waals surface area contributed by atoms with Crippen LogP contribution in [0.1, 0.15) is 412 Å². The Morgan fingerprint density at radius 2 is 0.500 bits per heavy atom. The predicted octanol–water partition coefficient (Wildman–Crippen LogP) is 24.0. The Kier molecular flexibility index (Phi) is 70.5. The summed E-state index contributed by atoms with van der Waals surface area (Å²) in [4.78, 5) is 12.7. The van der Waals surface area contributed by atoms with Gasteiger partial charge in [-0.1, -0.05) is 371 Å². The first-order valence-corrected chi connectivity index (χ1v) is 38.0. The van der Waals surface area contributed by atoms with Gasteiger partial charge in [0.05, 0.1) is 18.8 Å². The van der Waals surface area contributed by atoms with Gasteiger partial charge in [-0.3, -0.25) is 4.79 Å². The molecule has 1 amide bonds. The van der Waals surface area contributed by atoms with Crippen LogP contribution in [0.3, 0.4) is 0 Å². The second-order valence-corrected chi connectivity index (χ2v) is 26.3. The van der Waals surface area contributed by atoms with Gasteiger partial charge in [0.2, 0.25) is 5.91 Å². The molecule has 0 saturated carbocycles. The molecule has 0 fully saturated rings. The van der Waals surface area contributed by atoms with Crippen molar-refractivity contribution >= 4 is 5.91 Å². The maximum atomic E-state index is 12.7. The topological polar surface area (TPSA) is 110 Å². The molecule has 0 rings (SSSR count). The van der Waals surface area contributed by atoms with Crippen molar-refractivity contribution in [3.63, 3.8) is 0 Å². The van der Waals surface area contributed by atoms with Crippen molar-refractivity contribution in [1.29, 1.82) is 0 Å². The minimum Gasteiger partial charge on any atom is -0.394 e. The van der Waals surface area contributed by atoms with Crippen LogP contribution >= 0.6 is 0 Å². The van der Waals surface area contributed by atoms with E-state index in [-0.39, 0.29) is 0 Å². The van der Waals surface area contributed by atoms with E-state index in [1.165, 1.54) is 327 Å².